The lowest BCUT2D eigenvalue weighted by Crippen LogP contribution is -2.29. The number of carbonyl (C=O) groups is 2. The molecule has 0 radical (unpaired) electrons. The fourth-order valence-corrected chi connectivity index (χ4v) is 1.71. The highest BCUT2D eigenvalue weighted by atomic mass is 35.5. The van der Waals surface area contributed by atoms with Gasteiger partial charge in [0, 0.05) is 16.8 Å². The van der Waals surface area contributed by atoms with E-state index in [-0.39, 0.29) is 0 Å². The summed E-state index contributed by atoms with van der Waals surface area (Å²) < 4.78 is 10.0. The van der Waals surface area contributed by atoms with Gasteiger partial charge in [-0.15, -0.1) is 0 Å². The minimum Gasteiger partial charge on any atom is -0.465 e. The summed E-state index contributed by atoms with van der Waals surface area (Å²) in [7, 11) is 0. The summed E-state index contributed by atoms with van der Waals surface area (Å²) >= 11 is 5.76. The van der Waals surface area contributed by atoms with Crippen LogP contribution in [0.5, 0.6) is 0 Å². The maximum absolute atomic E-state index is 11.9. The average molecular weight is 320 g/mol. The molecule has 0 unspecified atom stereocenters. The van der Waals surface area contributed by atoms with Crippen molar-refractivity contribution in [1.29, 1.82) is 0 Å². The van der Waals surface area contributed by atoms with Crippen molar-refractivity contribution in [3.8, 4) is 0 Å². The number of carbonyl (C=O) groups excluding carboxylic acids is 2. The van der Waals surface area contributed by atoms with Crippen LogP contribution in [0.1, 0.15) is 12.7 Å². The summed E-state index contributed by atoms with van der Waals surface area (Å²) in [5.74, 6) is -0.535. The molecule has 0 saturated carbocycles. The van der Waals surface area contributed by atoms with Crippen molar-refractivity contribution < 1.29 is 18.7 Å². The summed E-state index contributed by atoms with van der Waals surface area (Å²) in [6, 6.07) is 10.0. The van der Waals surface area contributed by atoms with Crippen molar-refractivity contribution >= 4 is 35.2 Å². The molecule has 1 aromatic carbocycles. The number of furan rings is 1. The van der Waals surface area contributed by atoms with Gasteiger partial charge in [0.05, 0.1) is 6.26 Å². The van der Waals surface area contributed by atoms with Crippen molar-refractivity contribution in [2.75, 3.05) is 5.32 Å². The summed E-state index contributed by atoms with van der Waals surface area (Å²) in [4.78, 5) is 23.5. The molecular formula is C16H14ClNO4. The molecule has 5 nitrogen and oxygen atoms in total. The monoisotopic (exact) mass is 319 g/mol. The van der Waals surface area contributed by atoms with Crippen LogP contribution < -0.4 is 5.32 Å². The first-order valence-electron chi connectivity index (χ1n) is 6.53. The molecule has 2 rings (SSSR count). The van der Waals surface area contributed by atoms with Crippen LogP contribution in [-0.2, 0) is 14.3 Å². The summed E-state index contributed by atoms with van der Waals surface area (Å²) in [6.07, 6.45) is 3.23. The summed E-state index contributed by atoms with van der Waals surface area (Å²) in [5, 5.41) is 3.20. The maximum Gasteiger partial charge on any atom is 0.331 e. The lowest BCUT2D eigenvalue weighted by atomic mass is 10.3. The Bertz CT molecular complexity index is 662. The number of hydrogen-bond acceptors (Lipinski definition) is 4. The average Bonchev–Trinajstić information content (AvgIpc) is 3.01. The second kappa shape index (κ2) is 7.47. The number of amides is 1. The lowest BCUT2D eigenvalue weighted by Gasteiger charge is -2.12. The quantitative estimate of drug-likeness (QED) is 0.676. The van der Waals surface area contributed by atoms with Gasteiger partial charge in [-0.05, 0) is 49.4 Å². The molecule has 22 heavy (non-hydrogen) atoms. The van der Waals surface area contributed by atoms with Gasteiger partial charge in [-0.2, -0.15) is 0 Å². The van der Waals surface area contributed by atoms with Crippen molar-refractivity contribution in [3.05, 3.63) is 59.5 Å². The van der Waals surface area contributed by atoms with Crippen molar-refractivity contribution in [3.63, 3.8) is 0 Å². The molecule has 0 aliphatic carbocycles. The van der Waals surface area contributed by atoms with Gasteiger partial charge in [0.25, 0.3) is 5.91 Å². The molecule has 1 atom stereocenters. The number of hydrogen-bond donors (Lipinski definition) is 1. The van der Waals surface area contributed by atoms with E-state index in [0.29, 0.717) is 16.5 Å². The van der Waals surface area contributed by atoms with Crippen LogP contribution >= 0.6 is 11.6 Å². The number of esters is 1. The highest BCUT2D eigenvalue weighted by molar-refractivity contribution is 6.30. The third-order valence-electron chi connectivity index (χ3n) is 2.70. The van der Waals surface area contributed by atoms with Gasteiger partial charge in [0.2, 0.25) is 0 Å². The van der Waals surface area contributed by atoms with E-state index in [9.17, 15) is 9.59 Å². The Morgan fingerprint density at radius 1 is 1.27 bits per heavy atom. The fraction of sp³-hybridized carbons (Fsp3) is 0.125. The predicted octanol–water partition coefficient (Wildman–Crippen LogP) is 3.52. The van der Waals surface area contributed by atoms with Gasteiger partial charge in [0.1, 0.15) is 5.76 Å². The number of ether oxygens (including phenoxy) is 1. The Morgan fingerprint density at radius 3 is 2.64 bits per heavy atom. The fourth-order valence-electron chi connectivity index (χ4n) is 1.58. The largest absolute Gasteiger partial charge is 0.465 e. The molecule has 0 spiro atoms. The zero-order valence-electron chi connectivity index (χ0n) is 11.8. The zero-order chi connectivity index (χ0) is 15.9. The molecule has 0 bridgehead atoms. The van der Waals surface area contributed by atoms with Crippen LogP contribution in [0.2, 0.25) is 5.02 Å². The molecule has 1 amide bonds. The first-order valence-corrected chi connectivity index (χ1v) is 6.91. The molecule has 1 N–H and O–H groups in total. The van der Waals surface area contributed by atoms with Crippen LogP contribution in [0.3, 0.4) is 0 Å². The van der Waals surface area contributed by atoms with E-state index >= 15 is 0 Å². The maximum atomic E-state index is 11.9. The molecule has 6 heteroatoms. The van der Waals surface area contributed by atoms with Crippen molar-refractivity contribution in [1.82, 2.24) is 0 Å². The summed E-state index contributed by atoms with van der Waals surface area (Å²) in [6.45, 7) is 1.49. The van der Waals surface area contributed by atoms with Crippen LogP contribution in [0.15, 0.2) is 53.2 Å². The second-order valence-electron chi connectivity index (χ2n) is 4.42. The molecule has 1 heterocycles. The highest BCUT2D eigenvalue weighted by Crippen LogP contribution is 2.14. The number of halogens is 1. The van der Waals surface area contributed by atoms with Crippen molar-refractivity contribution in [2.45, 2.75) is 13.0 Å². The first-order chi connectivity index (χ1) is 10.5. The normalized spacial score (nSPS) is 12.1. The Balaban J connectivity index is 1.85. The molecule has 114 valence electrons. The van der Waals surface area contributed by atoms with Gasteiger partial charge < -0.3 is 14.5 Å². The van der Waals surface area contributed by atoms with E-state index in [0.717, 1.165) is 0 Å². The third kappa shape index (κ3) is 4.79. The molecule has 0 aliphatic rings. The van der Waals surface area contributed by atoms with Crippen LogP contribution in [0, 0.1) is 0 Å². The van der Waals surface area contributed by atoms with Gasteiger partial charge >= 0.3 is 5.97 Å². The Morgan fingerprint density at radius 2 is 2.00 bits per heavy atom. The molecule has 0 saturated heterocycles. The smallest absolute Gasteiger partial charge is 0.331 e. The zero-order valence-corrected chi connectivity index (χ0v) is 12.5. The summed E-state index contributed by atoms with van der Waals surface area (Å²) in [5.41, 5.74) is 0.573. The van der Waals surface area contributed by atoms with Gasteiger partial charge in [-0.1, -0.05) is 11.6 Å². The first kappa shape index (κ1) is 15.9. The van der Waals surface area contributed by atoms with E-state index in [2.05, 4.69) is 5.32 Å². The second-order valence-corrected chi connectivity index (χ2v) is 4.86. The Hall–Kier alpha value is -2.53. The number of rotatable bonds is 5. The van der Waals surface area contributed by atoms with E-state index in [1.54, 1.807) is 36.4 Å². The standard InChI is InChI=1S/C16H14ClNO4/c1-11(16(20)18-13-6-4-12(17)5-7-13)22-15(19)9-8-14-3-2-10-21-14/h2-11H,1H3,(H,18,20)/t11-/m0/s1. The van der Waals surface area contributed by atoms with Crippen LogP contribution in [0.25, 0.3) is 6.08 Å². The number of anilines is 1. The van der Waals surface area contributed by atoms with E-state index < -0.39 is 18.0 Å². The molecule has 0 fully saturated rings. The lowest BCUT2D eigenvalue weighted by molar-refractivity contribution is -0.148. The van der Waals surface area contributed by atoms with Crippen LogP contribution in [-0.4, -0.2) is 18.0 Å². The van der Waals surface area contributed by atoms with Gasteiger partial charge in [-0.3, -0.25) is 4.79 Å². The third-order valence-corrected chi connectivity index (χ3v) is 2.95. The highest BCUT2D eigenvalue weighted by Gasteiger charge is 2.16. The van der Waals surface area contributed by atoms with Gasteiger partial charge in [-0.25, -0.2) is 4.79 Å². The number of benzene rings is 1. The van der Waals surface area contributed by atoms with E-state index in [4.69, 9.17) is 20.8 Å². The molecule has 0 aliphatic heterocycles. The minimum absolute atomic E-state index is 0.429. The molecular weight excluding hydrogens is 306 g/mol. The van der Waals surface area contributed by atoms with Crippen LogP contribution in [0.4, 0.5) is 5.69 Å². The van der Waals surface area contributed by atoms with E-state index in [1.807, 2.05) is 0 Å². The number of nitrogens with one attached hydrogen (secondary N) is 1. The van der Waals surface area contributed by atoms with E-state index in [1.165, 1.54) is 25.3 Å². The van der Waals surface area contributed by atoms with Crippen molar-refractivity contribution in [2.24, 2.45) is 0 Å². The molecule has 1 aromatic heterocycles. The SMILES string of the molecule is C[C@H](OC(=O)C=Cc1ccco1)C(=O)Nc1ccc(Cl)cc1. The Kier molecular flexibility index (Phi) is 5.38. The predicted molar refractivity (Wildman–Crippen MR) is 83.4 cm³/mol. The minimum atomic E-state index is -0.926. The topological polar surface area (TPSA) is 68.5 Å². The van der Waals surface area contributed by atoms with Gasteiger partial charge in [0.15, 0.2) is 6.10 Å². The Labute approximate surface area is 132 Å². The molecule has 2 aromatic rings.